The molecule has 2 atom stereocenters. The molecule has 2 aliphatic rings. The van der Waals surface area contributed by atoms with E-state index in [-0.39, 0.29) is 17.4 Å². The van der Waals surface area contributed by atoms with Crippen LogP contribution in [0.4, 0.5) is 0 Å². The zero-order valence-corrected chi connectivity index (χ0v) is 9.88. The van der Waals surface area contributed by atoms with Crippen molar-refractivity contribution < 1.29 is 9.63 Å². The highest BCUT2D eigenvalue weighted by Crippen LogP contribution is 2.55. The first-order chi connectivity index (χ1) is 6.99. The third kappa shape index (κ3) is 2.51. The van der Waals surface area contributed by atoms with Gasteiger partial charge >= 0.3 is 0 Å². The van der Waals surface area contributed by atoms with Gasteiger partial charge in [-0.25, -0.2) is 5.48 Å². The lowest BCUT2D eigenvalue weighted by Crippen LogP contribution is -2.34. The first-order valence-corrected chi connectivity index (χ1v) is 5.97. The summed E-state index contributed by atoms with van der Waals surface area (Å²) >= 11 is 0. The molecule has 2 unspecified atom stereocenters. The Morgan fingerprint density at radius 3 is 2.20 bits per heavy atom. The van der Waals surface area contributed by atoms with Crippen LogP contribution in [0.2, 0.25) is 0 Å². The fraction of sp³-hybridized carbons (Fsp3) is 0.917. The second-order valence-electron chi connectivity index (χ2n) is 5.82. The number of hydrogen-bond donors (Lipinski definition) is 1. The summed E-state index contributed by atoms with van der Waals surface area (Å²) < 4.78 is 0. The predicted molar refractivity (Wildman–Crippen MR) is 57.9 cm³/mol. The SMILES string of the molecule is CC(C)(C)ONC(=O)C1C2CCCCC21. The fourth-order valence-corrected chi connectivity index (χ4v) is 2.65. The Balaban J connectivity index is 1.78. The van der Waals surface area contributed by atoms with E-state index in [0.29, 0.717) is 11.8 Å². The van der Waals surface area contributed by atoms with Crippen LogP contribution in [0.25, 0.3) is 0 Å². The molecule has 3 nitrogen and oxygen atoms in total. The molecule has 0 saturated heterocycles. The molecular weight excluding hydrogens is 190 g/mol. The summed E-state index contributed by atoms with van der Waals surface area (Å²) in [6.07, 6.45) is 5.06. The van der Waals surface area contributed by atoms with Gasteiger partial charge in [0.25, 0.3) is 0 Å². The molecule has 0 aliphatic heterocycles. The molecule has 1 N–H and O–H groups in total. The van der Waals surface area contributed by atoms with Crippen LogP contribution in [-0.4, -0.2) is 11.5 Å². The van der Waals surface area contributed by atoms with Crippen LogP contribution in [0, 0.1) is 17.8 Å². The average molecular weight is 211 g/mol. The van der Waals surface area contributed by atoms with Crippen molar-refractivity contribution in [1.29, 1.82) is 0 Å². The molecule has 1 amide bonds. The van der Waals surface area contributed by atoms with Crippen molar-refractivity contribution in [3.63, 3.8) is 0 Å². The molecule has 0 aromatic rings. The van der Waals surface area contributed by atoms with Crippen molar-refractivity contribution in [2.75, 3.05) is 0 Å². The lowest BCUT2D eigenvalue weighted by Gasteiger charge is -2.18. The molecule has 0 radical (unpaired) electrons. The first kappa shape index (κ1) is 10.9. The average Bonchev–Trinajstić information content (AvgIpc) is 2.87. The van der Waals surface area contributed by atoms with Crippen molar-refractivity contribution in [1.82, 2.24) is 5.48 Å². The van der Waals surface area contributed by atoms with Gasteiger partial charge in [-0.2, -0.15) is 0 Å². The number of fused-ring (bicyclic) bond motifs is 1. The minimum absolute atomic E-state index is 0.0989. The Labute approximate surface area is 91.5 Å². The summed E-state index contributed by atoms with van der Waals surface area (Å²) in [5, 5.41) is 0. The molecule has 86 valence electrons. The third-order valence-electron chi connectivity index (χ3n) is 3.42. The monoisotopic (exact) mass is 211 g/mol. The maximum absolute atomic E-state index is 11.8. The Kier molecular flexibility index (Phi) is 2.75. The molecule has 0 aromatic carbocycles. The highest BCUT2D eigenvalue weighted by molar-refractivity contribution is 5.81. The zero-order valence-electron chi connectivity index (χ0n) is 9.88. The van der Waals surface area contributed by atoms with Crippen molar-refractivity contribution in [3.8, 4) is 0 Å². The van der Waals surface area contributed by atoms with E-state index in [9.17, 15) is 4.79 Å². The second-order valence-corrected chi connectivity index (χ2v) is 5.82. The van der Waals surface area contributed by atoms with Crippen molar-refractivity contribution in [2.24, 2.45) is 17.8 Å². The van der Waals surface area contributed by atoms with Crippen LogP contribution >= 0.6 is 0 Å². The van der Waals surface area contributed by atoms with E-state index < -0.39 is 0 Å². The van der Waals surface area contributed by atoms with E-state index >= 15 is 0 Å². The normalized spacial score (nSPS) is 34.5. The maximum atomic E-state index is 11.8. The van der Waals surface area contributed by atoms with E-state index in [2.05, 4.69) is 5.48 Å². The number of carbonyl (C=O) groups excluding carboxylic acids is 1. The van der Waals surface area contributed by atoms with Gasteiger partial charge in [0.2, 0.25) is 5.91 Å². The van der Waals surface area contributed by atoms with Crippen LogP contribution < -0.4 is 5.48 Å². The van der Waals surface area contributed by atoms with Crippen LogP contribution in [0.3, 0.4) is 0 Å². The molecule has 15 heavy (non-hydrogen) atoms. The minimum atomic E-state index is -0.296. The van der Waals surface area contributed by atoms with E-state index in [0.717, 1.165) is 0 Å². The summed E-state index contributed by atoms with van der Waals surface area (Å²) in [5.74, 6) is 1.65. The van der Waals surface area contributed by atoms with Gasteiger partial charge in [-0.15, -0.1) is 0 Å². The summed E-state index contributed by atoms with van der Waals surface area (Å²) in [4.78, 5) is 17.1. The minimum Gasteiger partial charge on any atom is -0.272 e. The van der Waals surface area contributed by atoms with E-state index in [1.54, 1.807) is 0 Å². The van der Waals surface area contributed by atoms with E-state index in [1.165, 1.54) is 25.7 Å². The zero-order chi connectivity index (χ0) is 11.1. The maximum Gasteiger partial charge on any atom is 0.247 e. The summed E-state index contributed by atoms with van der Waals surface area (Å²) in [7, 11) is 0. The molecule has 0 spiro atoms. The number of hydrogen-bond acceptors (Lipinski definition) is 2. The van der Waals surface area contributed by atoms with Crippen molar-refractivity contribution in [3.05, 3.63) is 0 Å². The summed E-state index contributed by atoms with van der Waals surface area (Å²) in [5.41, 5.74) is 2.31. The van der Waals surface area contributed by atoms with Gasteiger partial charge < -0.3 is 0 Å². The largest absolute Gasteiger partial charge is 0.272 e. The van der Waals surface area contributed by atoms with Crippen molar-refractivity contribution >= 4 is 5.91 Å². The number of carbonyl (C=O) groups is 1. The molecular formula is C12H21NO2. The van der Waals surface area contributed by atoms with E-state index in [4.69, 9.17) is 4.84 Å². The molecule has 0 bridgehead atoms. The van der Waals surface area contributed by atoms with Gasteiger partial charge in [-0.05, 0) is 45.4 Å². The fourth-order valence-electron chi connectivity index (χ4n) is 2.65. The summed E-state index contributed by atoms with van der Waals surface area (Å²) in [6, 6.07) is 0. The van der Waals surface area contributed by atoms with Crippen LogP contribution in [-0.2, 0) is 9.63 Å². The number of amides is 1. The molecule has 2 fully saturated rings. The predicted octanol–water partition coefficient (Wildman–Crippen LogP) is 2.27. The Morgan fingerprint density at radius 1 is 1.20 bits per heavy atom. The topological polar surface area (TPSA) is 38.3 Å². The first-order valence-electron chi connectivity index (χ1n) is 5.97. The van der Waals surface area contributed by atoms with Crippen LogP contribution in [0.5, 0.6) is 0 Å². The Bertz CT molecular complexity index is 245. The molecule has 0 heterocycles. The lowest BCUT2D eigenvalue weighted by molar-refractivity contribution is -0.147. The van der Waals surface area contributed by atoms with Crippen molar-refractivity contribution in [2.45, 2.75) is 52.1 Å². The third-order valence-corrected chi connectivity index (χ3v) is 3.42. The molecule has 2 aliphatic carbocycles. The van der Waals surface area contributed by atoms with Gasteiger partial charge in [-0.1, -0.05) is 12.8 Å². The smallest absolute Gasteiger partial charge is 0.247 e. The number of hydroxylamine groups is 1. The highest BCUT2D eigenvalue weighted by atomic mass is 16.7. The van der Waals surface area contributed by atoms with Crippen LogP contribution in [0.1, 0.15) is 46.5 Å². The van der Waals surface area contributed by atoms with E-state index in [1.807, 2.05) is 20.8 Å². The molecule has 3 heteroatoms. The molecule has 0 aromatic heterocycles. The quantitative estimate of drug-likeness (QED) is 0.711. The Morgan fingerprint density at radius 2 is 1.73 bits per heavy atom. The highest BCUT2D eigenvalue weighted by Gasteiger charge is 2.54. The number of nitrogens with one attached hydrogen (secondary N) is 1. The van der Waals surface area contributed by atoms with Gasteiger partial charge in [0.05, 0.1) is 5.60 Å². The van der Waals surface area contributed by atoms with Gasteiger partial charge in [0, 0.05) is 5.92 Å². The summed E-state index contributed by atoms with van der Waals surface area (Å²) in [6.45, 7) is 5.81. The molecule has 2 rings (SSSR count). The lowest BCUT2D eigenvalue weighted by atomic mass is 10.0. The number of rotatable bonds is 2. The van der Waals surface area contributed by atoms with Gasteiger partial charge in [0.1, 0.15) is 0 Å². The Hall–Kier alpha value is -0.570. The van der Waals surface area contributed by atoms with Gasteiger partial charge in [-0.3, -0.25) is 9.63 Å². The standard InChI is InChI=1S/C12H21NO2/c1-12(2,3)15-13-11(14)10-8-6-4-5-7-9(8)10/h8-10H,4-7H2,1-3H3,(H,13,14). The van der Waals surface area contributed by atoms with Gasteiger partial charge in [0.15, 0.2) is 0 Å². The second kappa shape index (κ2) is 3.78. The van der Waals surface area contributed by atoms with Crippen LogP contribution in [0.15, 0.2) is 0 Å². The molecule has 2 saturated carbocycles.